The molecule has 2 aromatic rings. The van der Waals surface area contributed by atoms with E-state index in [1.54, 1.807) is 0 Å². The molecule has 5 heteroatoms. The van der Waals surface area contributed by atoms with Crippen LogP contribution in [0.4, 0.5) is 5.69 Å². The number of rotatable bonds is 2. The van der Waals surface area contributed by atoms with Gasteiger partial charge >= 0.3 is 5.69 Å². The summed E-state index contributed by atoms with van der Waals surface area (Å²) in [5, 5.41) is 3.09. The van der Waals surface area contributed by atoms with E-state index in [1.165, 1.54) is 0 Å². The standard InChI is InChI=1S/C8H8BrN3O/c9-4-10-5-1-2-6-7(3-5)12-8(13)11-6/h1-3,10H,4H2,(H2,11,12,13). The molecule has 0 fully saturated rings. The average Bonchev–Trinajstić information content (AvgIpc) is 2.44. The fraction of sp³-hybridized carbons (Fsp3) is 0.125. The summed E-state index contributed by atoms with van der Waals surface area (Å²) in [4.78, 5) is 16.3. The quantitative estimate of drug-likeness (QED) is 0.553. The van der Waals surface area contributed by atoms with Gasteiger partial charge in [-0.1, -0.05) is 15.9 Å². The fourth-order valence-corrected chi connectivity index (χ4v) is 1.54. The molecule has 0 saturated heterocycles. The van der Waals surface area contributed by atoms with Gasteiger partial charge in [-0.05, 0) is 18.2 Å². The van der Waals surface area contributed by atoms with Crippen LogP contribution < -0.4 is 11.0 Å². The first-order valence-electron chi connectivity index (χ1n) is 3.81. The molecule has 1 aromatic carbocycles. The van der Waals surface area contributed by atoms with E-state index in [4.69, 9.17) is 0 Å². The topological polar surface area (TPSA) is 60.7 Å². The lowest BCUT2D eigenvalue weighted by Crippen LogP contribution is -1.99. The summed E-state index contributed by atoms with van der Waals surface area (Å²) in [5.41, 5.74) is 3.12. The summed E-state index contributed by atoms with van der Waals surface area (Å²) in [6.07, 6.45) is 0. The van der Waals surface area contributed by atoms with Gasteiger partial charge in [0.05, 0.1) is 16.5 Å². The Morgan fingerprint density at radius 2 is 2.08 bits per heavy atom. The molecule has 0 bridgehead atoms. The molecule has 2 rings (SSSR count). The van der Waals surface area contributed by atoms with Crippen LogP contribution in [0.25, 0.3) is 11.0 Å². The Morgan fingerprint density at radius 3 is 2.85 bits per heavy atom. The highest BCUT2D eigenvalue weighted by Gasteiger charge is 1.98. The van der Waals surface area contributed by atoms with Crippen LogP contribution in [0.5, 0.6) is 0 Å². The van der Waals surface area contributed by atoms with Crippen molar-refractivity contribution in [1.29, 1.82) is 0 Å². The zero-order valence-electron chi connectivity index (χ0n) is 6.73. The molecule has 0 spiro atoms. The van der Waals surface area contributed by atoms with Gasteiger partial charge in [-0.15, -0.1) is 0 Å². The predicted molar refractivity (Wildman–Crippen MR) is 56.3 cm³/mol. The number of H-pyrrole nitrogens is 2. The van der Waals surface area contributed by atoms with Gasteiger partial charge in [-0.25, -0.2) is 4.79 Å². The summed E-state index contributed by atoms with van der Waals surface area (Å²) in [6, 6.07) is 5.65. The van der Waals surface area contributed by atoms with E-state index >= 15 is 0 Å². The number of imidazole rings is 1. The van der Waals surface area contributed by atoms with Gasteiger partial charge in [0.2, 0.25) is 0 Å². The molecule has 0 saturated carbocycles. The number of anilines is 1. The van der Waals surface area contributed by atoms with E-state index in [1.807, 2.05) is 18.2 Å². The monoisotopic (exact) mass is 241 g/mol. The molecular weight excluding hydrogens is 234 g/mol. The molecule has 1 heterocycles. The van der Waals surface area contributed by atoms with Crippen molar-refractivity contribution in [2.75, 3.05) is 10.8 Å². The van der Waals surface area contributed by atoms with Crippen molar-refractivity contribution in [3.05, 3.63) is 28.7 Å². The van der Waals surface area contributed by atoms with Crippen LogP contribution in [0.1, 0.15) is 0 Å². The van der Waals surface area contributed by atoms with Crippen molar-refractivity contribution in [2.45, 2.75) is 0 Å². The molecular formula is C8H8BrN3O. The van der Waals surface area contributed by atoms with Crippen LogP contribution >= 0.6 is 15.9 Å². The number of benzene rings is 1. The Balaban J connectivity index is 2.54. The first-order chi connectivity index (χ1) is 6.29. The molecule has 0 radical (unpaired) electrons. The number of halogens is 1. The summed E-state index contributed by atoms with van der Waals surface area (Å²) < 4.78 is 0. The van der Waals surface area contributed by atoms with Crippen LogP contribution in [0.3, 0.4) is 0 Å². The third-order valence-electron chi connectivity index (χ3n) is 1.79. The zero-order valence-corrected chi connectivity index (χ0v) is 8.31. The second kappa shape index (κ2) is 3.26. The lowest BCUT2D eigenvalue weighted by atomic mass is 10.3. The Bertz CT molecular complexity index is 473. The maximum atomic E-state index is 10.9. The van der Waals surface area contributed by atoms with Gasteiger partial charge in [0.15, 0.2) is 0 Å². The van der Waals surface area contributed by atoms with Crippen molar-refractivity contribution in [1.82, 2.24) is 9.97 Å². The van der Waals surface area contributed by atoms with Crippen LogP contribution in [0, 0.1) is 0 Å². The molecule has 0 aliphatic heterocycles. The number of nitrogens with one attached hydrogen (secondary N) is 3. The molecule has 3 N–H and O–H groups in total. The molecule has 13 heavy (non-hydrogen) atoms. The number of hydrogen-bond acceptors (Lipinski definition) is 2. The smallest absolute Gasteiger partial charge is 0.323 e. The van der Waals surface area contributed by atoms with E-state index < -0.39 is 0 Å². The fourth-order valence-electron chi connectivity index (χ4n) is 1.22. The summed E-state index contributed by atoms with van der Waals surface area (Å²) >= 11 is 3.26. The lowest BCUT2D eigenvalue weighted by Gasteiger charge is -2.00. The highest BCUT2D eigenvalue weighted by molar-refractivity contribution is 9.09. The summed E-state index contributed by atoms with van der Waals surface area (Å²) in [5.74, 6) is 0. The van der Waals surface area contributed by atoms with Gasteiger partial charge in [0.1, 0.15) is 0 Å². The van der Waals surface area contributed by atoms with Crippen molar-refractivity contribution < 1.29 is 0 Å². The Morgan fingerprint density at radius 1 is 1.31 bits per heavy atom. The average molecular weight is 242 g/mol. The molecule has 68 valence electrons. The second-order valence-electron chi connectivity index (χ2n) is 2.65. The molecule has 4 nitrogen and oxygen atoms in total. The molecule has 0 amide bonds. The third-order valence-corrected chi connectivity index (χ3v) is 2.07. The van der Waals surface area contributed by atoms with Crippen LogP contribution in [0.15, 0.2) is 23.0 Å². The number of aromatic nitrogens is 2. The van der Waals surface area contributed by atoms with Crippen molar-refractivity contribution in [3.63, 3.8) is 0 Å². The van der Waals surface area contributed by atoms with E-state index in [-0.39, 0.29) is 5.69 Å². The predicted octanol–water partition coefficient (Wildman–Crippen LogP) is 1.62. The maximum absolute atomic E-state index is 10.9. The minimum absolute atomic E-state index is 0.175. The van der Waals surface area contributed by atoms with Crippen LogP contribution in [-0.4, -0.2) is 15.4 Å². The summed E-state index contributed by atoms with van der Waals surface area (Å²) in [6.45, 7) is 0. The first kappa shape index (κ1) is 8.37. The maximum Gasteiger partial charge on any atom is 0.323 e. The van der Waals surface area contributed by atoms with E-state index in [9.17, 15) is 4.79 Å². The molecule has 0 aliphatic carbocycles. The molecule has 0 atom stereocenters. The van der Waals surface area contributed by atoms with Crippen molar-refractivity contribution in [2.24, 2.45) is 0 Å². The van der Waals surface area contributed by atoms with Crippen LogP contribution in [0.2, 0.25) is 0 Å². The second-order valence-corrected chi connectivity index (χ2v) is 3.21. The Labute approximate surface area is 82.5 Å². The lowest BCUT2D eigenvalue weighted by molar-refractivity contribution is 1.21. The normalized spacial score (nSPS) is 10.5. The van der Waals surface area contributed by atoms with Crippen molar-refractivity contribution in [3.8, 4) is 0 Å². The van der Waals surface area contributed by atoms with Gasteiger partial charge in [-0.3, -0.25) is 0 Å². The van der Waals surface area contributed by atoms with E-state index in [0.29, 0.717) is 5.45 Å². The number of fused-ring (bicyclic) bond motifs is 1. The highest BCUT2D eigenvalue weighted by Crippen LogP contribution is 2.14. The SMILES string of the molecule is O=c1[nH]c2ccc(NCBr)cc2[nH]1. The zero-order chi connectivity index (χ0) is 9.26. The molecule has 0 aliphatic rings. The minimum Gasteiger partial charge on any atom is -0.375 e. The minimum atomic E-state index is -0.175. The number of hydrogen-bond donors (Lipinski definition) is 3. The van der Waals surface area contributed by atoms with E-state index in [0.717, 1.165) is 16.7 Å². The Hall–Kier alpha value is -1.23. The first-order valence-corrected chi connectivity index (χ1v) is 4.93. The van der Waals surface area contributed by atoms with Gasteiger partial charge in [0, 0.05) is 5.69 Å². The Kier molecular flexibility index (Phi) is 2.10. The van der Waals surface area contributed by atoms with Crippen molar-refractivity contribution >= 4 is 32.7 Å². The van der Waals surface area contributed by atoms with Gasteiger partial charge < -0.3 is 15.3 Å². The van der Waals surface area contributed by atoms with E-state index in [2.05, 4.69) is 31.2 Å². The number of aromatic amines is 2. The number of alkyl halides is 1. The third kappa shape index (κ3) is 1.60. The highest BCUT2D eigenvalue weighted by atomic mass is 79.9. The molecule has 1 aromatic heterocycles. The molecule has 0 unspecified atom stereocenters. The summed E-state index contributed by atoms with van der Waals surface area (Å²) in [7, 11) is 0. The largest absolute Gasteiger partial charge is 0.375 e. The van der Waals surface area contributed by atoms with Gasteiger partial charge in [0.25, 0.3) is 0 Å². The van der Waals surface area contributed by atoms with Crippen LogP contribution in [-0.2, 0) is 0 Å². The van der Waals surface area contributed by atoms with Gasteiger partial charge in [-0.2, -0.15) is 0 Å².